The predicted octanol–water partition coefficient (Wildman–Crippen LogP) is 0.427. The molecule has 3 rings (SSSR count). The first-order valence-corrected chi connectivity index (χ1v) is 8.69. The number of piperazine rings is 2. The number of hydrogen-bond donors (Lipinski definition) is 1. The molecule has 3 heterocycles. The van der Waals surface area contributed by atoms with Crippen LogP contribution in [0.15, 0.2) is 18.3 Å². The van der Waals surface area contributed by atoms with Gasteiger partial charge < -0.3 is 19.8 Å². The Bertz CT molecular complexity index is 545. The SMILES string of the molecule is CN1CCN(C(=O)c2ccc(N3CCN(CCO)CC3)nc2)CC1.Cl.Cl. The molecule has 0 aliphatic carbocycles. The Balaban J connectivity index is 0.00000169. The Hall–Kier alpha value is -1.12. The molecule has 0 spiro atoms. The highest BCUT2D eigenvalue weighted by molar-refractivity contribution is 5.94. The first-order valence-electron chi connectivity index (χ1n) is 8.69. The van der Waals surface area contributed by atoms with E-state index in [0.717, 1.165) is 64.7 Å². The summed E-state index contributed by atoms with van der Waals surface area (Å²) < 4.78 is 0. The second-order valence-corrected chi connectivity index (χ2v) is 6.55. The fourth-order valence-electron chi connectivity index (χ4n) is 3.23. The van der Waals surface area contributed by atoms with Crippen molar-refractivity contribution in [1.82, 2.24) is 19.7 Å². The lowest BCUT2D eigenvalue weighted by atomic mass is 10.2. The molecule has 2 aliphatic heterocycles. The quantitative estimate of drug-likeness (QED) is 0.783. The summed E-state index contributed by atoms with van der Waals surface area (Å²) in [6.07, 6.45) is 1.70. The Morgan fingerprint density at radius 3 is 2.23 bits per heavy atom. The second kappa shape index (κ2) is 10.9. The van der Waals surface area contributed by atoms with E-state index in [2.05, 4.69) is 26.7 Å². The van der Waals surface area contributed by atoms with Gasteiger partial charge >= 0.3 is 0 Å². The van der Waals surface area contributed by atoms with Gasteiger partial charge in [0.05, 0.1) is 12.2 Å². The molecule has 0 bridgehead atoms. The average molecular weight is 406 g/mol. The van der Waals surface area contributed by atoms with E-state index < -0.39 is 0 Å². The Labute approximate surface area is 167 Å². The van der Waals surface area contributed by atoms with Crippen molar-refractivity contribution in [1.29, 1.82) is 0 Å². The molecule has 148 valence electrons. The third-order valence-corrected chi connectivity index (χ3v) is 4.90. The normalized spacial score (nSPS) is 18.8. The van der Waals surface area contributed by atoms with Crippen molar-refractivity contribution in [2.24, 2.45) is 0 Å². The maximum Gasteiger partial charge on any atom is 0.255 e. The van der Waals surface area contributed by atoms with Crippen LogP contribution in [-0.2, 0) is 0 Å². The molecule has 1 aromatic heterocycles. The minimum atomic E-state index is 0. The zero-order valence-corrected chi connectivity index (χ0v) is 16.8. The maximum absolute atomic E-state index is 12.5. The number of carbonyl (C=O) groups excluding carboxylic acids is 1. The van der Waals surface area contributed by atoms with Gasteiger partial charge in [0.2, 0.25) is 0 Å². The number of rotatable bonds is 4. The number of halogens is 2. The van der Waals surface area contributed by atoms with Crippen LogP contribution in [0.2, 0.25) is 0 Å². The van der Waals surface area contributed by atoms with Gasteiger partial charge in [-0.25, -0.2) is 4.98 Å². The number of amides is 1. The number of β-amino-alcohol motifs (C(OH)–C–C–N with tert-alkyl or cyclic N) is 1. The van der Waals surface area contributed by atoms with Crippen molar-refractivity contribution in [3.8, 4) is 0 Å². The molecule has 9 heteroatoms. The van der Waals surface area contributed by atoms with Crippen LogP contribution in [0.25, 0.3) is 0 Å². The number of pyridine rings is 1. The molecule has 0 unspecified atom stereocenters. The topological polar surface area (TPSA) is 63.2 Å². The molecule has 0 atom stereocenters. The van der Waals surface area contributed by atoms with Crippen molar-refractivity contribution in [2.75, 3.05) is 77.5 Å². The highest BCUT2D eigenvalue weighted by Crippen LogP contribution is 2.15. The minimum Gasteiger partial charge on any atom is -0.395 e. The molecule has 0 radical (unpaired) electrons. The fraction of sp³-hybridized carbons (Fsp3) is 0.647. The van der Waals surface area contributed by atoms with Crippen LogP contribution in [0.5, 0.6) is 0 Å². The van der Waals surface area contributed by atoms with Crippen LogP contribution in [0, 0.1) is 0 Å². The van der Waals surface area contributed by atoms with Crippen LogP contribution in [0.1, 0.15) is 10.4 Å². The lowest BCUT2D eigenvalue weighted by Gasteiger charge is -2.35. The number of likely N-dealkylation sites (N-methyl/N-ethyl adjacent to an activating group) is 1. The molecule has 2 saturated heterocycles. The predicted molar refractivity (Wildman–Crippen MR) is 108 cm³/mol. The van der Waals surface area contributed by atoms with E-state index in [0.29, 0.717) is 5.56 Å². The smallest absolute Gasteiger partial charge is 0.255 e. The Morgan fingerprint density at radius 2 is 1.69 bits per heavy atom. The fourth-order valence-corrected chi connectivity index (χ4v) is 3.23. The van der Waals surface area contributed by atoms with Gasteiger partial charge in [0.1, 0.15) is 5.82 Å². The van der Waals surface area contributed by atoms with Crippen molar-refractivity contribution in [3.63, 3.8) is 0 Å². The van der Waals surface area contributed by atoms with Gasteiger partial charge in [-0.3, -0.25) is 9.69 Å². The van der Waals surface area contributed by atoms with E-state index in [4.69, 9.17) is 5.11 Å². The van der Waals surface area contributed by atoms with Crippen LogP contribution in [0.4, 0.5) is 5.82 Å². The molecule has 2 fully saturated rings. The van der Waals surface area contributed by atoms with Crippen LogP contribution in [0.3, 0.4) is 0 Å². The van der Waals surface area contributed by atoms with E-state index in [1.165, 1.54) is 0 Å². The average Bonchev–Trinajstić information content (AvgIpc) is 2.63. The molecule has 0 saturated carbocycles. The number of nitrogens with zero attached hydrogens (tertiary/aromatic N) is 5. The van der Waals surface area contributed by atoms with Gasteiger partial charge in [-0.15, -0.1) is 24.8 Å². The summed E-state index contributed by atoms with van der Waals surface area (Å²) in [6, 6.07) is 3.84. The molecule has 26 heavy (non-hydrogen) atoms. The molecule has 7 nitrogen and oxygen atoms in total. The monoisotopic (exact) mass is 405 g/mol. The number of aliphatic hydroxyl groups excluding tert-OH is 1. The summed E-state index contributed by atoms with van der Waals surface area (Å²) in [5, 5.41) is 9.00. The summed E-state index contributed by atoms with van der Waals surface area (Å²) in [4.78, 5) is 25.7. The zero-order valence-electron chi connectivity index (χ0n) is 15.2. The van der Waals surface area contributed by atoms with Crippen LogP contribution in [-0.4, -0.2) is 103 Å². The third kappa shape index (κ3) is 5.69. The van der Waals surface area contributed by atoms with E-state index in [1.807, 2.05) is 17.0 Å². The number of hydrogen-bond acceptors (Lipinski definition) is 6. The van der Waals surface area contributed by atoms with Crippen LogP contribution < -0.4 is 4.90 Å². The van der Waals surface area contributed by atoms with E-state index in [9.17, 15) is 4.79 Å². The lowest BCUT2D eigenvalue weighted by Crippen LogP contribution is -2.47. The number of carbonyl (C=O) groups is 1. The zero-order chi connectivity index (χ0) is 16.9. The first-order chi connectivity index (χ1) is 11.7. The van der Waals surface area contributed by atoms with Gasteiger partial charge in [-0.2, -0.15) is 0 Å². The summed E-state index contributed by atoms with van der Waals surface area (Å²) in [6.45, 7) is 8.03. The molecule has 0 aromatic carbocycles. The maximum atomic E-state index is 12.5. The van der Waals surface area contributed by atoms with Gasteiger partial charge in [-0.05, 0) is 19.2 Å². The second-order valence-electron chi connectivity index (χ2n) is 6.55. The number of aromatic nitrogens is 1. The molecular formula is C17H29Cl2N5O2. The van der Waals surface area contributed by atoms with Gasteiger partial charge in [0, 0.05) is 65.1 Å². The van der Waals surface area contributed by atoms with Crippen molar-refractivity contribution >= 4 is 36.5 Å². The van der Waals surface area contributed by atoms with Crippen molar-refractivity contribution in [2.45, 2.75) is 0 Å². The van der Waals surface area contributed by atoms with Crippen LogP contribution >= 0.6 is 24.8 Å². The Kier molecular flexibility index (Phi) is 9.60. The van der Waals surface area contributed by atoms with Gasteiger partial charge in [0.15, 0.2) is 0 Å². The van der Waals surface area contributed by atoms with Crippen molar-refractivity contribution < 1.29 is 9.90 Å². The summed E-state index contributed by atoms with van der Waals surface area (Å²) in [7, 11) is 2.08. The molecule has 1 amide bonds. The summed E-state index contributed by atoms with van der Waals surface area (Å²) in [5.41, 5.74) is 0.669. The lowest BCUT2D eigenvalue weighted by molar-refractivity contribution is 0.0663. The Morgan fingerprint density at radius 1 is 1.04 bits per heavy atom. The largest absolute Gasteiger partial charge is 0.395 e. The van der Waals surface area contributed by atoms with E-state index in [-0.39, 0.29) is 37.3 Å². The summed E-state index contributed by atoms with van der Waals surface area (Å²) >= 11 is 0. The number of aliphatic hydroxyl groups is 1. The first kappa shape index (κ1) is 22.9. The molecular weight excluding hydrogens is 377 g/mol. The van der Waals surface area contributed by atoms with Crippen molar-refractivity contribution in [3.05, 3.63) is 23.9 Å². The summed E-state index contributed by atoms with van der Waals surface area (Å²) in [5.74, 6) is 1.00. The van der Waals surface area contributed by atoms with Gasteiger partial charge in [-0.1, -0.05) is 0 Å². The third-order valence-electron chi connectivity index (χ3n) is 4.90. The highest BCUT2D eigenvalue weighted by Gasteiger charge is 2.21. The van der Waals surface area contributed by atoms with Gasteiger partial charge in [0.25, 0.3) is 5.91 Å². The minimum absolute atomic E-state index is 0. The molecule has 1 aromatic rings. The van der Waals surface area contributed by atoms with E-state index in [1.54, 1.807) is 6.20 Å². The highest BCUT2D eigenvalue weighted by atomic mass is 35.5. The molecule has 2 aliphatic rings. The molecule has 1 N–H and O–H groups in total. The van der Waals surface area contributed by atoms with E-state index >= 15 is 0 Å². The standard InChI is InChI=1S/C17H27N5O2.2ClH/c1-19-4-8-22(9-5-19)17(24)15-2-3-16(18-14-15)21-10-6-20(7-11-21)12-13-23;;/h2-3,14,23H,4-13H2,1H3;2*1H. The number of anilines is 1.